The Morgan fingerprint density at radius 2 is 2.35 bits per heavy atom. The Morgan fingerprint density at radius 1 is 1.47 bits per heavy atom. The van der Waals surface area contributed by atoms with Gasteiger partial charge in [-0.05, 0) is 25.0 Å². The van der Waals surface area contributed by atoms with E-state index in [1.54, 1.807) is 24.5 Å². The van der Waals surface area contributed by atoms with Crippen LogP contribution in [0.15, 0.2) is 33.4 Å². The molecule has 1 fully saturated rings. The molecular formula is C12H11NO4. The number of esters is 1. The number of hydrogen-bond acceptors (Lipinski definition) is 5. The second-order valence-electron chi connectivity index (χ2n) is 4.04. The minimum absolute atomic E-state index is 0.103. The zero-order valence-corrected chi connectivity index (χ0v) is 9.09. The number of carbonyl (C=O) groups is 1. The molecule has 0 spiro atoms. The average molecular weight is 233 g/mol. The second kappa shape index (κ2) is 4.08. The van der Waals surface area contributed by atoms with E-state index in [1.807, 2.05) is 0 Å². The summed E-state index contributed by atoms with van der Waals surface area (Å²) in [4.78, 5) is 11.3. The van der Waals surface area contributed by atoms with Gasteiger partial charge in [0.1, 0.15) is 12.3 Å². The fourth-order valence-corrected chi connectivity index (χ4v) is 1.50. The molecule has 0 aromatic carbocycles. The summed E-state index contributed by atoms with van der Waals surface area (Å²) < 4.78 is 15.3. The van der Waals surface area contributed by atoms with Gasteiger partial charge in [-0.2, -0.15) is 0 Å². The molecule has 88 valence electrons. The van der Waals surface area contributed by atoms with Crippen LogP contribution in [-0.2, 0) is 16.1 Å². The molecule has 0 bridgehead atoms. The van der Waals surface area contributed by atoms with Gasteiger partial charge in [-0.15, -0.1) is 0 Å². The van der Waals surface area contributed by atoms with E-state index < -0.39 is 0 Å². The van der Waals surface area contributed by atoms with Crippen molar-refractivity contribution in [2.45, 2.75) is 19.4 Å². The molecule has 5 nitrogen and oxygen atoms in total. The van der Waals surface area contributed by atoms with Crippen molar-refractivity contribution < 1.29 is 18.5 Å². The van der Waals surface area contributed by atoms with Crippen LogP contribution in [0, 0.1) is 5.92 Å². The van der Waals surface area contributed by atoms with Crippen molar-refractivity contribution in [3.05, 3.63) is 30.2 Å². The molecular weight excluding hydrogens is 222 g/mol. The maximum Gasteiger partial charge on any atom is 0.309 e. The normalized spacial score (nSPS) is 14.8. The standard InChI is InChI=1S/C12H11NO4/c14-12(8-3-4-8)16-7-9-6-11(17-13-9)10-2-1-5-15-10/h1-2,5-6,8H,3-4,7H2. The summed E-state index contributed by atoms with van der Waals surface area (Å²) in [5.41, 5.74) is 0.588. The fraction of sp³-hybridized carbons (Fsp3) is 0.333. The molecule has 1 saturated carbocycles. The number of ether oxygens (including phenoxy) is 1. The number of carbonyl (C=O) groups excluding carboxylic acids is 1. The molecule has 0 atom stereocenters. The molecule has 5 heteroatoms. The van der Waals surface area contributed by atoms with E-state index in [2.05, 4.69) is 5.16 Å². The zero-order chi connectivity index (χ0) is 11.7. The average Bonchev–Trinajstić information content (AvgIpc) is 2.87. The van der Waals surface area contributed by atoms with Crippen LogP contribution >= 0.6 is 0 Å². The highest BCUT2D eigenvalue weighted by atomic mass is 16.5. The molecule has 2 heterocycles. The first-order chi connectivity index (χ1) is 8.33. The predicted molar refractivity (Wildman–Crippen MR) is 56.7 cm³/mol. The number of rotatable bonds is 4. The molecule has 2 aromatic heterocycles. The molecule has 0 amide bonds. The van der Waals surface area contributed by atoms with Gasteiger partial charge in [0.05, 0.1) is 12.2 Å². The lowest BCUT2D eigenvalue weighted by atomic mass is 10.3. The Hall–Kier alpha value is -2.04. The lowest BCUT2D eigenvalue weighted by Gasteiger charge is -1.98. The van der Waals surface area contributed by atoms with Crippen LogP contribution in [0.25, 0.3) is 11.5 Å². The molecule has 0 unspecified atom stereocenters. The van der Waals surface area contributed by atoms with Crippen LogP contribution in [0.4, 0.5) is 0 Å². The summed E-state index contributed by atoms with van der Waals surface area (Å²) in [5.74, 6) is 1.10. The van der Waals surface area contributed by atoms with Crippen molar-refractivity contribution in [3.63, 3.8) is 0 Å². The summed E-state index contributed by atoms with van der Waals surface area (Å²) in [6.45, 7) is 0.152. The molecule has 1 aliphatic rings. The second-order valence-corrected chi connectivity index (χ2v) is 4.04. The van der Waals surface area contributed by atoms with Gasteiger partial charge in [-0.25, -0.2) is 0 Å². The van der Waals surface area contributed by atoms with Crippen LogP contribution in [0.3, 0.4) is 0 Å². The Morgan fingerprint density at radius 3 is 3.06 bits per heavy atom. The van der Waals surface area contributed by atoms with Gasteiger partial charge in [0.2, 0.25) is 5.76 Å². The number of furan rings is 1. The van der Waals surface area contributed by atoms with E-state index in [0.717, 1.165) is 12.8 Å². The number of aromatic nitrogens is 1. The fourth-order valence-electron chi connectivity index (χ4n) is 1.50. The first-order valence-electron chi connectivity index (χ1n) is 5.49. The van der Waals surface area contributed by atoms with E-state index in [9.17, 15) is 4.79 Å². The Kier molecular flexibility index (Phi) is 2.44. The van der Waals surface area contributed by atoms with E-state index in [1.165, 1.54) is 0 Å². The molecule has 17 heavy (non-hydrogen) atoms. The quantitative estimate of drug-likeness (QED) is 0.758. The Labute approximate surface area is 97.3 Å². The molecule has 0 radical (unpaired) electrons. The van der Waals surface area contributed by atoms with Gasteiger partial charge >= 0.3 is 5.97 Å². The van der Waals surface area contributed by atoms with Gasteiger partial charge in [0, 0.05) is 6.07 Å². The minimum atomic E-state index is -0.146. The molecule has 2 aromatic rings. The Balaban J connectivity index is 1.62. The lowest BCUT2D eigenvalue weighted by Crippen LogP contribution is -2.06. The third kappa shape index (κ3) is 2.22. The predicted octanol–water partition coefficient (Wildman–Crippen LogP) is 2.39. The highest BCUT2D eigenvalue weighted by Gasteiger charge is 2.31. The van der Waals surface area contributed by atoms with E-state index in [4.69, 9.17) is 13.7 Å². The maximum atomic E-state index is 11.3. The first-order valence-corrected chi connectivity index (χ1v) is 5.49. The van der Waals surface area contributed by atoms with E-state index in [-0.39, 0.29) is 18.5 Å². The van der Waals surface area contributed by atoms with Crippen molar-refractivity contribution in [2.75, 3.05) is 0 Å². The molecule has 0 N–H and O–H groups in total. The summed E-state index contributed by atoms with van der Waals surface area (Å²) in [6, 6.07) is 5.25. The lowest BCUT2D eigenvalue weighted by molar-refractivity contribution is -0.146. The SMILES string of the molecule is O=C(OCc1cc(-c2ccco2)on1)C1CC1. The summed E-state index contributed by atoms with van der Waals surface area (Å²) in [6.07, 6.45) is 3.44. The van der Waals surface area contributed by atoms with Crippen LogP contribution in [0.5, 0.6) is 0 Å². The van der Waals surface area contributed by atoms with Crippen LogP contribution in [0.2, 0.25) is 0 Å². The highest BCUT2D eigenvalue weighted by molar-refractivity contribution is 5.74. The smallest absolute Gasteiger partial charge is 0.309 e. The third-order valence-corrected chi connectivity index (χ3v) is 2.60. The summed E-state index contributed by atoms with van der Waals surface area (Å²) in [5, 5.41) is 3.81. The third-order valence-electron chi connectivity index (χ3n) is 2.60. The van der Waals surface area contributed by atoms with Crippen LogP contribution in [-0.4, -0.2) is 11.1 Å². The number of nitrogens with zero attached hydrogens (tertiary/aromatic N) is 1. The van der Waals surface area contributed by atoms with Gasteiger partial charge in [0.15, 0.2) is 5.76 Å². The van der Waals surface area contributed by atoms with Crippen molar-refractivity contribution >= 4 is 5.97 Å². The summed E-state index contributed by atoms with van der Waals surface area (Å²) in [7, 11) is 0. The maximum absolute atomic E-state index is 11.3. The van der Waals surface area contributed by atoms with Crippen molar-refractivity contribution in [3.8, 4) is 11.5 Å². The van der Waals surface area contributed by atoms with Crippen LogP contribution < -0.4 is 0 Å². The molecule has 0 saturated heterocycles. The molecule has 1 aliphatic carbocycles. The van der Waals surface area contributed by atoms with Gasteiger partial charge in [0.25, 0.3) is 0 Å². The number of hydrogen-bond donors (Lipinski definition) is 0. The first kappa shape index (κ1) is 10.1. The van der Waals surface area contributed by atoms with Gasteiger partial charge < -0.3 is 13.7 Å². The van der Waals surface area contributed by atoms with Gasteiger partial charge in [-0.3, -0.25) is 4.79 Å². The molecule has 3 rings (SSSR count). The zero-order valence-electron chi connectivity index (χ0n) is 9.09. The Bertz CT molecular complexity index is 510. The van der Waals surface area contributed by atoms with E-state index in [0.29, 0.717) is 17.2 Å². The van der Waals surface area contributed by atoms with Crippen LogP contribution in [0.1, 0.15) is 18.5 Å². The van der Waals surface area contributed by atoms with Crippen molar-refractivity contribution in [1.82, 2.24) is 5.16 Å². The highest BCUT2D eigenvalue weighted by Crippen LogP contribution is 2.30. The van der Waals surface area contributed by atoms with Crippen molar-refractivity contribution in [1.29, 1.82) is 0 Å². The summed E-state index contributed by atoms with van der Waals surface area (Å²) >= 11 is 0. The topological polar surface area (TPSA) is 65.5 Å². The van der Waals surface area contributed by atoms with Gasteiger partial charge in [-0.1, -0.05) is 5.16 Å². The van der Waals surface area contributed by atoms with Crippen molar-refractivity contribution in [2.24, 2.45) is 5.92 Å². The minimum Gasteiger partial charge on any atom is -0.461 e. The molecule has 0 aliphatic heterocycles. The largest absolute Gasteiger partial charge is 0.461 e. The van der Waals surface area contributed by atoms with E-state index >= 15 is 0 Å². The monoisotopic (exact) mass is 233 g/mol.